The molecule has 0 unspecified atom stereocenters. The van der Waals surface area contributed by atoms with E-state index >= 15 is 0 Å². The van der Waals surface area contributed by atoms with Crippen molar-refractivity contribution in [1.82, 2.24) is 4.31 Å². The molecule has 0 aromatic heterocycles. The van der Waals surface area contributed by atoms with Crippen molar-refractivity contribution in [2.24, 2.45) is 0 Å². The number of quaternary nitrogens is 1. The minimum absolute atomic E-state index is 0.0546. The molecule has 0 saturated carbocycles. The number of hydrogen-bond donors (Lipinski definition) is 1. The number of halogens is 1. The minimum atomic E-state index is -3.61. The van der Waals surface area contributed by atoms with Crippen LogP contribution in [0.4, 0.5) is 10.1 Å². The second-order valence-corrected chi connectivity index (χ2v) is 8.15. The number of benzene rings is 2. The normalized spacial score (nSPS) is 16.5. The molecule has 1 fully saturated rings. The number of nitrogens with zero attached hydrogens (tertiary/aromatic N) is 2. The molecule has 1 heterocycles. The summed E-state index contributed by atoms with van der Waals surface area (Å²) in [7, 11) is -3.61. The van der Waals surface area contributed by atoms with Crippen molar-refractivity contribution < 1.29 is 22.6 Å². The number of rotatable bonds is 5. The van der Waals surface area contributed by atoms with Crippen molar-refractivity contribution in [1.29, 1.82) is 0 Å². The van der Waals surface area contributed by atoms with Gasteiger partial charge in [-0.25, -0.2) is 12.8 Å². The maximum Gasteiger partial charge on any atom is 0.269 e. The van der Waals surface area contributed by atoms with Crippen molar-refractivity contribution >= 4 is 15.7 Å². The summed E-state index contributed by atoms with van der Waals surface area (Å²) >= 11 is 0. The molecule has 1 N–H and O–H groups in total. The van der Waals surface area contributed by atoms with E-state index in [-0.39, 0.29) is 10.6 Å². The van der Waals surface area contributed by atoms with Crippen LogP contribution in [-0.4, -0.2) is 43.8 Å². The Morgan fingerprint density at radius 1 is 1.04 bits per heavy atom. The van der Waals surface area contributed by atoms with Gasteiger partial charge in [-0.3, -0.25) is 10.1 Å². The van der Waals surface area contributed by atoms with Gasteiger partial charge in [0.25, 0.3) is 5.69 Å². The van der Waals surface area contributed by atoms with Gasteiger partial charge in [0.1, 0.15) is 12.4 Å². The van der Waals surface area contributed by atoms with E-state index in [1.807, 2.05) is 0 Å². The number of nitro benzene ring substituents is 1. The zero-order chi connectivity index (χ0) is 18.7. The van der Waals surface area contributed by atoms with Crippen molar-refractivity contribution in [2.75, 3.05) is 26.2 Å². The number of non-ortho nitro benzene ring substituents is 1. The summed E-state index contributed by atoms with van der Waals surface area (Å²) in [5.41, 5.74) is 1.03. The van der Waals surface area contributed by atoms with Crippen LogP contribution in [0.1, 0.15) is 5.56 Å². The van der Waals surface area contributed by atoms with Crippen molar-refractivity contribution in [3.05, 3.63) is 70.0 Å². The van der Waals surface area contributed by atoms with Crippen LogP contribution in [0.2, 0.25) is 0 Å². The number of nitrogens with one attached hydrogen (secondary N) is 1. The molecule has 0 aliphatic carbocycles. The summed E-state index contributed by atoms with van der Waals surface area (Å²) in [5.74, 6) is -0.471. The van der Waals surface area contributed by atoms with Gasteiger partial charge >= 0.3 is 0 Å². The van der Waals surface area contributed by atoms with Gasteiger partial charge in [0, 0.05) is 17.7 Å². The second kappa shape index (κ2) is 7.48. The van der Waals surface area contributed by atoms with Crippen LogP contribution in [0.15, 0.2) is 53.4 Å². The lowest BCUT2D eigenvalue weighted by Gasteiger charge is -2.31. The molecule has 1 aliphatic rings. The van der Waals surface area contributed by atoms with Gasteiger partial charge in [-0.15, -0.1) is 0 Å². The lowest BCUT2D eigenvalue weighted by atomic mass is 10.2. The monoisotopic (exact) mass is 380 g/mol. The van der Waals surface area contributed by atoms with Crippen LogP contribution in [0.5, 0.6) is 0 Å². The fourth-order valence-electron chi connectivity index (χ4n) is 3.00. The Hall–Kier alpha value is -2.36. The zero-order valence-corrected chi connectivity index (χ0v) is 14.8. The lowest BCUT2D eigenvalue weighted by Crippen LogP contribution is -3.13. The van der Waals surface area contributed by atoms with E-state index in [4.69, 9.17) is 0 Å². The van der Waals surface area contributed by atoms with Gasteiger partial charge < -0.3 is 4.90 Å². The molecule has 2 aromatic carbocycles. The third-order valence-electron chi connectivity index (χ3n) is 4.48. The van der Waals surface area contributed by atoms with E-state index in [2.05, 4.69) is 0 Å². The van der Waals surface area contributed by atoms with Crippen LogP contribution in [-0.2, 0) is 16.6 Å². The van der Waals surface area contributed by atoms with Gasteiger partial charge in [-0.05, 0) is 36.4 Å². The summed E-state index contributed by atoms with van der Waals surface area (Å²) in [6.45, 7) is 2.71. The van der Waals surface area contributed by atoms with E-state index in [1.165, 1.54) is 33.5 Å². The fraction of sp³-hybridized carbons (Fsp3) is 0.294. The Morgan fingerprint density at radius 3 is 2.15 bits per heavy atom. The highest BCUT2D eigenvalue weighted by Crippen LogP contribution is 2.16. The summed E-state index contributed by atoms with van der Waals surface area (Å²) in [4.78, 5) is 11.6. The molecule has 1 aliphatic heterocycles. The van der Waals surface area contributed by atoms with Crippen LogP contribution in [0.3, 0.4) is 0 Å². The first-order valence-electron chi connectivity index (χ1n) is 8.19. The highest BCUT2D eigenvalue weighted by molar-refractivity contribution is 7.89. The lowest BCUT2D eigenvalue weighted by molar-refractivity contribution is -0.917. The SMILES string of the molecule is O=[N+]([O-])c1ccc(C[NH+]2CCN(S(=O)(=O)c3ccc(F)cc3)CC2)cc1. The molecule has 0 spiro atoms. The standard InChI is InChI=1S/C17H18FN3O4S/c18-15-3-7-17(8-4-15)26(24,25)20-11-9-19(10-12-20)13-14-1-5-16(6-2-14)21(22)23/h1-8H,9-13H2/p+1. The average Bonchev–Trinajstić information content (AvgIpc) is 2.63. The maximum atomic E-state index is 13.0. The predicted octanol–water partition coefficient (Wildman–Crippen LogP) is 0.823. The number of hydrogen-bond acceptors (Lipinski definition) is 4. The van der Waals surface area contributed by atoms with Crippen LogP contribution >= 0.6 is 0 Å². The molecule has 3 rings (SSSR count). The molecule has 1 saturated heterocycles. The first kappa shape index (κ1) is 18.4. The number of nitro groups is 1. The largest absolute Gasteiger partial charge is 0.329 e. The van der Waals surface area contributed by atoms with Crippen molar-refractivity contribution in [3.63, 3.8) is 0 Å². The third-order valence-corrected chi connectivity index (χ3v) is 6.40. The average molecular weight is 380 g/mol. The van der Waals surface area contributed by atoms with Crippen LogP contribution in [0, 0.1) is 15.9 Å². The van der Waals surface area contributed by atoms with Gasteiger partial charge in [-0.1, -0.05) is 0 Å². The molecule has 0 radical (unpaired) electrons. The summed E-state index contributed by atoms with van der Waals surface area (Å²) in [5, 5.41) is 10.7. The van der Waals surface area contributed by atoms with E-state index in [1.54, 1.807) is 12.1 Å². The molecule has 0 atom stereocenters. The predicted molar refractivity (Wildman–Crippen MR) is 92.7 cm³/mol. The molecule has 2 aromatic rings. The third kappa shape index (κ3) is 4.06. The Morgan fingerprint density at radius 2 is 1.62 bits per heavy atom. The first-order valence-corrected chi connectivity index (χ1v) is 9.63. The van der Waals surface area contributed by atoms with Crippen molar-refractivity contribution in [2.45, 2.75) is 11.4 Å². The molecule has 138 valence electrons. The summed E-state index contributed by atoms with van der Waals surface area (Å²) in [6, 6.07) is 11.3. The Bertz CT molecular complexity index is 877. The van der Waals surface area contributed by atoms with Crippen LogP contribution in [0.25, 0.3) is 0 Å². The Labute approximate surface area is 150 Å². The van der Waals surface area contributed by atoms with Gasteiger partial charge in [0.2, 0.25) is 10.0 Å². The first-order chi connectivity index (χ1) is 12.4. The number of piperazine rings is 1. The summed E-state index contributed by atoms with van der Waals surface area (Å²) in [6.07, 6.45) is 0. The summed E-state index contributed by atoms with van der Waals surface area (Å²) < 4.78 is 39.6. The minimum Gasteiger partial charge on any atom is -0.329 e. The molecular formula is C17H19FN3O4S+. The van der Waals surface area contributed by atoms with Gasteiger partial charge in [0.05, 0.1) is 36.0 Å². The van der Waals surface area contributed by atoms with E-state index < -0.39 is 20.8 Å². The Balaban J connectivity index is 1.60. The van der Waals surface area contributed by atoms with E-state index in [0.29, 0.717) is 32.7 Å². The number of sulfonamides is 1. The quantitative estimate of drug-likeness (QED) is 0.615. The highest BCUT2D eigenvalue weighted by Gasteiger charge is 2.30. The highest BCUT2D eigenvalue weighted by atomic mass is 32.2. The topological polar surface area (TPSA) is 85.0 Å². The Kier molecular flexibility index (Phi) is 5.30. The second-order valence-electron chi connectivity index (χ2n) is 6.21. The molecule has 0 bridgehead atoms. The molecule has 26 heavy (non-hydrogen) atoms. The van der Waals surface area contributed by atoms with Gasteiger partial charge in [-0.2, -0.15) is 4.31 Å². The van der Waals surface area contributed by atoms with Crippen molar-refractivity contribution in [3.8, 4) is 0 Å². The smallest absolute Gasteiger partial charge is 0.269 e. The van der Waals surface area contributed by atoms with E-state index in [0.717, 1.165) is 17.7 Å². The zero-order valence-electron chi connectivity index (χ0n) is 14.0. The molecule has 7 nitrogen and oxygen atoms in total. The molecule has 0 amide bonds. The fourth-order valence-corrected chi connectivity index (χ4v) is 4.44. The maximum absolute atomic E-state index is 13.0. The van der Waals surface area contributed by atoms with E-state index in [9.17, 15) is 22.9 Å². The van der Waals surface area contributed by atoms with Gasteiger partial charge in [0.15, 0.2) is 0 Å². The molecular weight excluding hydrogens is 361 g/mol. The molecule has 9 heteroatoms. The van der Waals surface area contributed by atoms with Crippen LogP contribution < -0.4 is 4.90 Å².